The van der Waals surface area contributed by atoms with E-state index in [-0.39, 0.29) is 24.0 Å². The van der Waals surface area contributed by atoms with Crippen LogP contribution >= 0.6 is 0 Å². The summed E-state index contributed by atoms with van der Waals surface area (Å²) in [5.41, 5.74) is 0. The molecular weight excluding hydrogens is 346 g/mol. The molecule has 0 aromatic heterocycles. The number of rotatable bonds is 8. The second-order valence-corrected chi connectivity index (χ2v) is 8.04. The van der Waals surface area contributed by atoms with Gasteiger partial charge in [-0.05, 0) is 30.7 Å². The molecule has 1 heterocycles. The molecule has 0 aliphatic carbocycles. The van der Waals surface area contributed by atoms with Gasteiger partial charge in [-0.15, -0.1) is 0 Å². The highest BCUT2D eigenvalue weighted by Gasteiger charge is 2.36. The number of ether oxygens (including phenoxy) is 1. The number of hydrogen-bond donors (Lipinski definition) is 1. The second kappa shape index (κ2) is 7.83. The van der Waals surface area contributed by atoms with Crippen LogP contribution < -0.4 is 10.1 Å². The first-order chi connectivity index (χ1) is 11.8. The standard InChI is InChI=1S/C16H23N3O5S/c1-4-5-14-15(20)19(16(21)17-14)10-11-24-12-6-8-13(9-7-12)25(22,23)18(2)3/h6-9,14H,4-5,10-11H2,1-3H3,(H,17,21)/t14-/m0/s1. The van der Waals surface area contributed by atoms with E-state index in [2.05, 4.69) is 5.32 Å². The predicted molar refractivity (Wildman–Crippen MR) is 91.8 cm³/mol. The fourth-order valence-corrected chi connectivity index (χ4v) is 3.35. The highest BCUT2D eigenvalue weighted by Crippen LogP contribution is 2.18. The molecule has 138 valence electrons. The third kappa shape index (κ3) is 4.29. The van der Waals surface area contributed by atoms with E-state index >= 15 is 0 Å². The van der Waals surface area contributed by atoms with Crippen molar-refractivity contribution in [3.05, 3.63) is 24.3 Å². The number of carbonyl (C=O) groups is 2. The van der Waals surface area contributed by atoms with Crippen LogP contribution in [0.15, 0.2) is 29.2 Å². The molecule has 3 amide bonds. The van der Waals surface area contributed by atoms with Crippen LogP contribution in [-0.2, 0) is 14.8 Å². The zero-order valence-corrected chi connectivity index (χ0v) is 15.4. The zero-order chi connectivity index (χ0) is 18.6. The minimum absolute atomic E-state index is 0.137. The summed E-state index contributed by atoms with van der Waals surface area (Å²) >= 11 is 0. The lowest BCUT2D eigenvalue weighted by atomic mass is 10.2. The van der Waals surface area contributed by atoms with Crippen LogP contribution in [-0.4, -0.2) is 62.9 Å². The van der Waals surface area contributed by atoms with Crippen molar-refractivity contribution in [1.82, 2.24) is 14.5 Å². The van der Waals surface area contributed by atoms with Gasteiger partial charge in [0.25, 0.3) is 5.91 Å². The van der Waals surface area contributed by atoms with Crippen LogP contribution in [0.25, 0.3) is 0 Å². The van der Waals surface area contributed by atoms with Gasteiger partial charge >= 0.3 is 6.03 Å². The van der Waals surface area contributed by atoms with E-state index in [9.17, 15) is 18.0 Å². The molecule has 2 rings (SSSR count). The maximum atomic E-state index is 12.1. The third-order valence-electron chi connectivity index (χ3n) is 3.87. The molecule has 1 aliphatic rings. The maximum absolute atomic E-state index is 12.1. The molecule has 0 bridgehead atoms. The summed E-state index contributed by atoms with van der Waals surface area (Å²) in [6.45, 7) is 2.23. The third-order valence-corrected chi connectivity index (χ3v) is 5.70. The van der Waals surface area contributed by atoms with E-state index in [0.29, 0.717) is 12.2 Å². The lowest BCUT2D eigenvalue weighted by Crippen LogP contribution is -2.35. The van der Waals surface area contributed by atoms with Gasteiger partial charge in [0.15, 0.2) is 0 Å². The lowest BCUT2D eigenvalue weighted by molar-refractivity contribution is -0.127. The molecule has 1 aromatic carbocycles. The number of imide groups is 1. The number of benzene rings is 1. The number of sulfonamides is 1. The van der Waals surface area contributed by atoms with Crippen molar-refractivity contribution in [3.63, 3.8) is 0 Å². The van der Waals surface area contributed by atoms with Gasteiger partial charge in [0, 0.05) is 14.1 Å². The van der Waals surface area contributed by atoms with Gasteiger partial charge in [-0.1, -0.05) is 13.3 Å². The Bertz CT molecular complexity index is 731. The van der Waals surface area contributed by atoms with E-state index in [1.807, 2.05) is 6.92 Å². The molecule has 1 N–H and O–H groups in total. The first-order valence-electron chi connectivity index (χ1n) is 8.04. The Hall–Kier alpha value is -2.13. The molecule has 0 spiro atoms. The SMILES string of the molecule is CCC[C@@H]1NC(=O)N(CCOc2ccc(S(=O)(=O)N(C)C)cc2)C1=O. The number of nitrogens with zero attached hydrogens (tertiary/aromatic N) is 2. The van der Waals surface area contributed by atoms with Gasteiger partial charge < -0.3 is 10.1 Å². The summed E-state index contributed by atoms with van der Waals surface area (Å²) in [5.74, 6) is 0.234. The molecule has 1 fully saturated rings. The molecule has 9 heteroatoms. The average Bonchev–Trinajstić information content (AvgIpc) is 2.83. The monoisotopic (exact) mass is 369 g/mol. The summed E-state index contributed by atoms with van der Waals surface area (Å²) in [6.07, 6.45) is 1.42. The molecule has 0 saturated carbocycles. The Kier molecular flexibility index (Phi) is 6.02. The molecule has 1 aromatic rings. The first kappa shape index (κ1) is 19.2. The van der Waals surface area contributed by atoms with Crippen molar-refractivity contribution in [2.75, 3.05) is 27.2 Å². The summed E-state index contributed by atoms with van der Waals surface area (Å²) in [6, 6.07) is 5.14. The predicted octanol–water partition coefficient (Wildman–Crippen LogP) is 1.04. The van der Waals surface area contributed by atoms with Crippen molar-refractivity contribution in [3.8, 4) is 5.75 Å². The minimum atomic E-state index is -3.48. The molecule has 25 heavy (non-hydrogen) atoms. The molecular formula is C16H23N3O5S. The second-order valence-electron chi connectivity index (χ2n) is 5.89. The Morgan fingerprint density at radius 1 is 1.20 bits per heavy atom. The number of urea groups is 1. The maximum Gasteiger partial charge on any atom is 0.324 e. The van der Waals surface area contributed by atoms with Crippen LogP contribution in [0.3, 0.4) is 0 Å². The van der Waals surface area contributed by atoms with Crippen molar-refractivity contribution in [2.45, 2.75) is 30.7 Å². The Balaban J connectivity index is 1.90. The molecule has 8 nitrogen and oxygen atoms in total. The Morgan fingerprint density at radius 2 is 1.84 bits per heavy atom. The minimum Gasteiger partial charge on any atom is -0.492 e. The van der Waals surface area contributed by atoms with Gasteiger partial charge in [0.05, 0.1) is 11.4 Å². The fourth-order valence-electron chi connectivity index (χ4n) is 2.45. The number of amides is 3. The molecule has 1 aliphatic heterocycles. The van der Waals surface area contributed by atoms with E-state index in [0.717, 1.165) is 15.6 Å². The molecule has 1 atom stereocenters. The van der Waals surface area contributed by atoms with E-state index in [4.69, 9.17) is 4.74 Å². The van der Waals surface area contributed by atoms with E-state index in [1.165, 1.54) is 26.2 Å². The molecule has 0 radical (unpaired) electrons. The summed E-state index contributed by atoms with van der Waals surface area (Å²) in [4.78, 5) is 25.2. The summed E-state index contributed by atoms with van der Waals surface area (Å²) in [5, 5.41) is 2.65. The van der Waals surface area contributed by atoms with Crippen molar-refractivity contribution < 1.29 is 22.7 Å². The smallest absolute Gasteiger partial charge is 0.324 e. The zero-order valence-electron chi connectivity index (χ0n) is 14.6. The Morgan fingerprint density at radius 3 is 2.40 bits per heavy atom. The number of nitrogens with one attached hydrogen (secondary N) is 1. The highest BCUT2D eigenvalue weighted by atomic mass is 32.2. The highest BCUT2D eigenvalue weighted by molar-refractivity contribution is 7.89. The van der Waals surface area contributed by atoms with Gasteiger partial charge in [-0.3, -0.25) is 9.69 Å². The van der Waals surface area contributed by atoms with Crippen LogP contribution in [0.4, 0.5) is 4.79 Å². The summed E-state index contributed by atoms with van der Waals surface area (Å²) in [7, 11) is -0.558. The normalized spacial score (nSPS) is 17.9. The number of carbonyl (C=O) groups excluding carboxylic acids is 2. The van der Waals surface area contributed by atoms with Crippen molar-refractivity contribution >= 4 is 22.0 Å². The molecule has 0 unspecified atom stereocenters. The van der Waals surface area contributed by atoms with Gasteiger partial charge in [0.1, 0.15) is 18.4 Å². The quantitative estimate of drug-likeness (QED) is 0.691. The molecule has 1 saturated heterocycles. The fraction of sp³-hybridized carbons (Fsp3) is 0.500. The average molecular weight is 369 g/mol. The lowest BCUT2D eigenvalue weighted by Gasteiger charge is -2.14. The van der Waals surface area contributed by atoms with E-state index < -0.39 is 22.1 Å². The topological polar surface area (TPSA) is 96.0 Å². The Labute approximate surface area is 147 Å². The van der Waals surface area contributed by atoms with Crippen molar-refractivity contribution in [2.24, 2.45) is 0 Å². The van der Waals surface area contributed by atoms with Crippen LogP contribution in [0.2, 0.25) is 0 Å². The van der Waals surface area contributed by atoms with Gasteiger partial charge in [-0.25, -0.2) is 17.5 Å². The first-order valence-corrected chi connectivity index (χ1v) is 9.48. The van der Waals surface area contributed by atoms with E-state index in [1.54, 1.807) is 12.1 Å². The van der Waals surface area contributed by atoms with Crippen LogP contribution in [0.5, 0.6) is 5.75 Å². The largest absolute Gasteiger partial charge is 0.492 e. The van der Waals surface area contributed by atoms with Crippen LogP contribution in [0.1, 0.15) is 19.8 Å². The van der Waals surface area contributed by atoms with Gasteiger partial charge in [0.2, 0.25) is 10.0 Å². The summed E-state index contributed by atoms with van der Waals surface area (Å²) < 4.78 is 30.6. The van der Waals surface area contributed by atoms with Gasteiger partial charge in [-0.2, -0.15) is 0 Å². The van der Waals surface area contributed by atoms with Crippen LogP contribution in [0, 0.1) is 0 Å². The van der Waals surface area contributed by atoms with Crippen molar-refractivity contribution in [1.29, 1.82) is 0 Å². The number of hydrogen-bond acceptors (Lipinski definition) is 5.